The highest BCUT2D eigenvalue weighted by Crippen LogP contribution is 2.17. The maximum absolute atomic E-state index is 8.83. The van der Waals surface area contributed by atoms with Gasteiger partial charge in [-0.3, -0.25) is 0 Å². The van der Waals surface area contributed by atoms with Crippen molar-refractivity contribution in [3.63, 3.8) is 0 Å². The van der Waals surface area contributed by atoms with E-state index in [0.717, 1.165) is 37.3 Å². The van der Waals surface area contributed by atoms with Gasteiger partial charge in [0.25, 0.3) is 0 Å². The minimum absolute atomic E-state index is 0.239. The first-order valence-electron chi connectivity index (χ1n) is 5.49. The van der Waals surface area contributed by atoms with E-state index in [0.29, 0.717) is 0 Å². The molecule has 0 spiro atoms. The third-order valence-corrected chi connectivity index (χ3v) is 2.32. The van der Waals surface area contributed by atoms with Crippen LogP contribution in [0.5, 0.6) is 0 Å². The molecular formula is C12H20N2O. The van der Waals surface area contributed by atoms with E-state index in [-0.39, 0.29) is 6.61 Å². The number of hydrogen-bond acceptors (Lipinski definition) is 3. The molecule has 3 heteroatoms. The van der Waals surface area contributed by atoms with Gasteiger partial charge in [0.05, 0.1) is 0 Å². The third kappa shape index (κ3) is 3.80. The first-order chi connectivity index (χ1) is 7.27. The summed E-state index contributed by atoms with van der Waals surface area (Å²) in [6.07, 6.45) is 1.90. The number of rotatable bonds is 6. The van der Waals surface area contributed by atoms with Crippen molar-refractivity contribution in [2.75, 3.05) is 30.3 Å². The quantitative estimate of drug-likeness (QED) is 0.702. The predicted molar refractivity (Wildman–Crippen MR) is 65.1 cm³/mol. The molecule has 0 aliphatic rings. The SMILES string of the molecule is CCCN(CCCO)c1cccc(N)c1. The van der Waals surface area contributed by atoms with Crippen molar-refractivity contribution >= 4 is 11.4 Å². The van der Waals surface area contributed by atoms with Crippen LogP contribution in [0, 0.1) is 0 Å². The second-order valence-electron chi connectivity index (χ2n) is 3.66. The molecule has 0 amide bonds. The van der Waals surface area contributed by atoms with Gasteiger partial charge in [0.2, 0.25) is 0 Å². The van der Waals surface area contributed by atoms with Gasteiger partial charge < -0.3 is 15.7 Å². The summed E-state index contributed by atoms with van der Waals surface area (Å²) in [5.41, 5.74) is 7.68. The van der Waals surface area contributed by atoms with Gasteiger partial charge in [-0.15, -0.1) is 0 Å². The number of nitrogens with zero attached hydrogens (tertiary/aromatic N) is 1. The van der Waals surface area contributed by atoms with Gasteiger partial charge in [-0.05, 0) is 31.0 Å². The first-order valence-corrected chi connectivity index (χ1v) is 5.49. The minimum Gasteiger partial charge on any atom is -0.399 e. The van der Waals surface area contributed by atoms with E-state index in [1.165, 1.54) is 0 Å². The summed E-state index contributed by atoms with van der Waals surface area (Å²) < 4.78 is 0. The van der Waals surface area contributed by atoms with E-state index >= 15 is 0 Å². The topological polar surface area (TPSA) is 49.5 Å². The van der Waals surface area contributed by atoms with Crippen LogP contribution in [-0.2, 0) is 0 Å². The molecule has 1 aromatic carbocycles. The highest BCUT2D eigenvalue weighted by atomic mass is 16.3. The summed E-state index contributed by atoms with van der Waals surface area (Å²) in [5, 5.41) is 8.83. The fourth-order valence-electron chi connectivity index (χ4n) is 1.62. The van der Waals surface area contributed by atoms with Gasteiger partial charge in [0.15, 0.2) is 0 Å². The summed E-state index contributed by atoms with van der Waals surface area (Å²) in [6.45, 7) is 4.28. The second kappa shape index (κ2) is 6.30. The van der Waals surface area contributed by atoms with Crippen molar-refractivity contribution in [3.05, 3.63) is 24.3 Å². The van der Waals surface area contributed by atoms with Gasteiger partial charge >= 0.3 is 0 Å². The van der Waals surface area contributed by atoms with E-state index in [9.17, 15) is 0 Å². The molecule has 0 bridgehead atoms. The second-order valence-corrected chi connectivity index (χ2v) is 3.66. The molecule has 0 aliphatic carbocycles. The van der Waals surface area contributed by atoms with Crippen LogP contribution in [0.1, 0.15) is 19.8 Å². The lowest BCUT2D eigenvalue weighted by molar-refractivity contribution is 0.289. The zero-order valence-electron chi connectivity index (χ0n) is 9.32. The summed E-state index contributed by atoms with van der Waals surface area (Å²) in [6, 6.07) is 7.89. The van der Waals surface area contributed by atoms with Crippen molar-refractivity contribution in [1.29, 1.82) is 0 Å². The average Bonchev–Trinajstić information content (AvgIpc) is 2.24. The van der Waals surface area contributed by atoms with Crippen LogP contribution in [0.15, 0.2) is 24.3 Å². The Morgan fingerprint density at radius 2 is 2.13 bits per heavy atom. The van der Waals surface area contributed by atoms with Crippen molar-refractivity contribution in [2.45, 2.75) is 19.8 Å². The Labute approximate surface area is 91.5 Å². The average molecular weight is 208 g/mol. The lowest BCUT2D eigenvalue weighted by atomic mass is 10.2. The van der Waals surface area contributed by atoms with Crippen LogP contribution in [0.2, 0.25) is 0 Å². The molecule has 0 unspecified atom stereocenters. The Morgan fingerprint density at radius 1 is 1.33 bits per heavy atom. The lowest BCUT2D eigenvalue weighted by Gasteiger charge is -2.24. The minimum atomic E-state index is 0.239. The molecule has 0 aromatic heterocycles. The number of hydrogen-bond donors (Lipinski definition) is 2. The predicted octanol–water partition coefficient (Wildman–Crippen LogP) is 1.87. The largest absolute Gasteiger partial charge is 0.399 e. The van der Waals surface area contributed by atoms with Crippen LogP contribution < -0.4 is 10.6 Å². The van der Waals surface area contributed by atoms with Crippen LogP contribution in [0.3, 0.4) is 0 Å². The van der Waals surface area contributed by atoms with E-state index in [2.05, 4.69) is 17.9 Å². The lowest BCUT2D eigenvalue weighted by Crippen LogP contribution is -2.25. The van der Waals surface area contributed by atoms with Crippen LogP contribution in [0.4, 0.5) is 11.4 Å². The van der Waals surface area contributed by atoms with E-state index in [1.54, 1.807) is 0 Å². The number of nitrogen functional groups attached to an aromatic ring is 1. The molecule has 3 nitrogen and oxygen atoms in total. The maximum atomic E-state index is 8.83. The molecule has 15 heavy (non-hydrogen) atoms. The molecule has 0 radical (unpaired) electrons. The molecule has 0 saturated heterocycles. The van der Waals surface area contributed by atoms with Crippen molar-refractivity contribution in [2.24, 2.45) is 0 Å². The van der Waals surface area contributed by atoms with Crippen molar-refractivity contribution in [3.8, 4) is 0 Å². The zero-order chi connectivity index (χ0) is 11.1. The van der Waals surface area contributed by atoms with Gasteiger partial charge in [-0.1, -0.05) is 13.0 Å². The number of aliphatic hydroxyl groups excluding tert-OH is 1. The van der Waals surface area contributed by atoms with Gasteiger partial charge in [0.1, 0.15) is 0 Å². The van der Waals surface area contributed by atoms with Crippen molar-refractivity contribution < 1.29 is 5.11 Å². The Hall–Kier alpha value is -1.22. The zero-order valence-corrected chi connectivity index (χ0v) is 9.32. The van der Waals surface area contributed by atoms with Gasteiger partial charge in [-0.2, -0.15) is 0 Å². The Kier molecular flexibility index (Phi) is 4.98. The first kappa shape index (κ1) is 11.9. The molecule has 84 valence electrons. The molecule has 0 fully saturated rings. The number of nitrogens with two attached hydrogens (primary N) is 1. The van der Waals surface area contributed by atoms with Crippen LogP contribution >= 0.6 is 0 Å². The normalized spacial score (nSPS) is 10.3. The summed E-state index contributed by atoms with van der Waals surface area (Å²) in [4.78, 5) is 2.26. The summed E-state index contributed by atoms with van der Waals surface area (Å²) in [5.74, 6) is 0. The third-order valence-electron chi connectivity index (χ3n) is 2.32. The number of benzene rings is 1. The smallest absolute Gasteiger partial charge is 0.0447 e. The maximum Gasteiger partial charge on any atom is 0.0447 e. The summed E-state index contributed by atoms with van der Waals surface area (Å²) >= 11 is 0. The summed E-state index contributed by atoms with van der Waals surface area (Å²) in [7, 11) is 0. The highest BCUT2D eigenvalue weighted by Gasteiger charge is 2.04. The molecular weight excluding hydrogens is 188 g/mol. The molecule has 0 aliphatic heterocycles. The fourth-order valence-corrected chi connectivity index (χ4v) is 1.62. The highest BCUT2D eigenvalue weighted by molar-refractivity contribution is 5.55. The fraction of sp³-hybridized carbons (Fsp3) is 0.500. The number of anilines is 2. The molecule has 0 heterocycles. The Morgan fingerprint density at radius 3 is 2.73 bits per heavy atom. The molecule has 1 aromatic rings. The number of aliphatic hydroxyl groups is 1. The van der Waals surface area contributed by atoms with Gasteiger partial charge in [0, 0.05) is 31.1 Å². The van der Waals surface area contributed by atoms with E-state index in [4.69, 9.17) is 10.8 Å². The standard InChI is InChI=1S/C12H20N2O/c1-2-7-14(8-4-9-15)12-6-3-5-11(13)10-12/h3,5-6,10,15H,2,4,7-9,13H2,1H3. The Balaban J connectivity index is 2.69. The van der Waals surface area contributed by atoms with Crippen LogP contribution in [0.25, 0.3) is 0 Å². The molecule has 1 rings (SSSR count). The Bertz CT molecular complexity index is 289. The molecule has 3 N–H and O–H groups in total. The van der Waals surface area contributed by atoms with Crippen molar-refractivity contribution in [1.82, 2.24) is 0 Å². The van der Waals surface area contributed by atoms with Gasteiger partial charge in [-0.25, -0.2) is 0 Å². The molecule has 0 atom stereocenters. The van der Waals surface area contributed by atoms with E-state index in [1.807, 2.05) is 18.2 Å². The molecule has 0 saturated carbocycles. The monoisotopic (exact) mass is 208 g/mol. The van der Waals surface area contributed by atoms with Crippen LogP contribution in [-0.4, -0.2) is 24.8 Å². The van der Waals surface area contributed by atoms with E-state index < -0.39 is 0 Å².